The van der Waals surface area contributed by atoms with Gasteiger partial charge >= 0.3 is 0 Å². The molecule has 6 nitrogen and oxygen atoms in total. The first kappa shape index (κ1) is 18.9. The van der Waals surface area contributed by atoms with Crippen molar-refractivity contribution in [3.63, 3.8) is 0 Å². The second-order valence-electron chi connectivity index (χ2n) is 6.99. The highest BCUT2D eigenvalue weighted by Gasteiger charge is 2.12. The predicted molar refractivity (Wildman–Crippen MR) is 112 cm³/mol. The highest BCUT2D eigenvalue weighted by atomic mass is 19.1. The molecule has 0 bridgehead atoms. The molecule has 1 aliphatic heterocycles. The van der Waals surface area contributed by atoms with E-state index in [1.54, 1.807) is 30.3 Å². The summed E-state index contributed by atoms with van der Waals surface area (Å²) in [7, 11) is 0. The number of halogens is 1. The fourth-order valence-corrected chi connectivity index (χ4v) is 3.35. The molecule has 1 amide bonds. The van der Waals surface area contributed by atoms with E-state index in [-0.39, 0.29) is 12.3 Å². The highest BCUT2D eigenvalue weighted by Crippen LogP contribution is 2.23. The normalized spacial score (nSPS) is 13.3. The quantitative estimate of drug-likeness (QED) is 0.661. The summed E-state index contributed by atoms with van der Waals surface area (Å²) in [6, 6.07) is 17.8. The summed E-state index contributed by atoms with van der Waals surface area (Å²) in [6.07, 6.45) is 2.44. The SMILES string of the molecule is O=C(Cc1ccccc1F)Nc1ccc(Nc2ccc(N3CCCC3)cc2)nn1. The Kier molecular flexibility index (Phi) is 5.65. The van der Waals surface area contributed by atoms with Crippen LogP contribution in [0.25, 0.3) is 0 Å². The molecular formula is C22H22FN5O. The molecule has 0 atom stereocenters. The van der Waals surface area contributed by atoms with Crippen molar-refractivity contribution in [2.75, 3.05) is 28.6 Å². The Morgan fingerprint density at radius 1 is 0.931 bits per heavy atom. The molecule has 0 unspecified atom stereocenters. The summed E-state index contributed by atoms with van der Waals surface area (Å²) in [5, 5.41) is 13.9. The predicted octanol–water partition coefficient (Wildman–Crippen LogP) is 4.14. The van der Waals surface area contributed by atoms with Gasteiger partial charge < -0.3 is 15.5 Å². The topological polar surface area (TPSA) is 70.2 Å². The Bertz CT molecular complexity index is 969. The largest absolute Gasteiger partial charge is 0.372 e. The van der Waals surface area contributed by atoms with Crippen LogP contribution in [0.15, 0.2) is 60.7 Å². The molecule has 0 aliphatic carbocycles. The average Bonchev–Trinajstić information content (AvgIpc) is 3.27. The van der Waals surface area contributed by atoms with Crippen molar-refractivity contribution in [1.29, 1.82) is 0 Å². The molecule has 1 aliphatic rings. The second kappa shape index (κ2) is 8.68. The van der Waals surface area contributed by atoms with Crippen LogP contribution >= 0.6 is 0 Å². The van der Waals surface area contributed by atoms with E-state index in [4.69, 9.17) is 0 Å². The second-order valence-corrected chi connectivity index (χ2v) is 6.99. The number of hydrogen-bond donors (Lipinski definition) is 2. The molecular weight excluding hydrogens is 369 g/mol. The van der Waals surface area contributed by atoms with Gasteiger partial charge in [-0.3, -0.25) is 4.79 Å². The lowest BCUT2D eigenvalue weighted by molar-refractivity contribution is -0.115. The van der Waals surface area contributed by atoms with Gasteiger partial charge in [-0.05, 0) is 60.9 Å². The first-order chi connectivity index (χ1) is 14.2. The van der Waals surface area contributed by atoms with Crippen LogP contribution in [0.2, 0.25) is 0 Å². The zero-order valence-electron chi connectivity index (χ0n) is 15.9. The third kappa shape index (κ3) is 4.87. The maximum Gasteiger partial charge on any atom is 0.230 e. The number of amides is 1. The summed E-state index contributed by atoms with van der Waals surface area (Å²) in [5.41, 5.74) is 2.49. The van der Waals surface area contributed by atoms with E-state index >= 15 is 0 Å². The first-order valence-electron chi connectivity index (χ1n) is 9.66. The maximum atomic E-state index is 13.6. The van der Waals surface area contributed by atoms with E-state index in [9.17, 15) is 9.18 Å². The fourth-order valence-electron chi connectivity index (χ4n) is 3.35. The third-order valence-electron chi connectivity index (χ3n) is 4.85. The van der Waals surface area contributed by atoms with E-state index in [2.05, 4.69) is 37.9 Å². The Balaban J connectivity index is 1.33. The minimum absolute atomic E-state index is 0.0578. The Morgan fingerprint density at radius 2 is 1.62 bits per heavy atom. The zero-order chi connectivity index (χ0) is 20.1. The number of carbonyl (C=O) groups is 1. The van der Waals surface area contributed by atoms with Crippen molar-refractivity contribution in [2.24, 2.45) is 0 Å². The van der Waals surface area contributed by atoms with Gasteiger partial charge in [0.1, 0.15) is 5.82 Å². The molecule has 148 valence electrons. The number of nitrogens with zero attached hydrogens (tertiary/aromatic N) is 3. The monoisotopic (exact) mass is 391 g/mol. The van der Waals surface area contributed by atoms with Crippen LogP contribution in [-0.4, -0.2) is 29.2 Å². The molecule has 0 spiro atoms. The molecule has 0 radical (unpaired) electrons. The van der Waals surface area contributed by atoms with Crippen LogP contribution in [0.5, 0.6) is 0 Å². The van der Waals surface area contributed by atoms with Crippen LogP contribution in [0, 0.1) is 5.82 Å². The lowest BCUT2D eigenvalue weighted by Gasteiger charge is -2.17. The summed E-state index contributed by atoms with van der Waals surface area (Å²) in [4.78, 5) is 14.5. The van der Waals surface area contributed by atoms with E-state index in [1.165, 1.54) is 24.6 Å². The van der Waals surface area contributed by atoms with Gasteiger partial charge in [-0.25, -0.2) is 4.39 Å². The van der Waals surface area contributed by atoms with Crippen molar-refractivity contribution in [2.45, 2.75) is 19.3 Å². The van der Waals surface area contributed by atoms with E-state index in [1.807, 2.05) is 12.1 Å². The zero-order valence-corrected chi connectivity index (χ0v) is 15.9. The van der Waals surface area contributed by atoms with E-state index in [0.717, 1.165) is 18.8 Å². The van der Waals surface area contributed by atoms with Crippen LogP contribution in [0.4, 0.5) is 27.4 Å². The summed E-state index contributed by atoms with van der Waals surface area (Å²) in [5.74, 6) is 0.152. The molecule has 29 heavy (non-hydrogen) atoms. The number of benzene rings is 2. The van der Waals surface area contributed by atoms with Crippen LogP contribution in [0.3, 0.4) is 0 Å². The lowest BCUT2D eigenvalue weighted by Crippen LogP contribution is -2.17. The summed E-state index contributed by atoms with van der Waals surface area (Å²) >= 11 is 0. The third-order valence-corrected chi connectivity index (χ3v) is 4.85. The van der Waals surface area contributed by atoms with E-state index < -0.39 is 5.82 Å². The van der Waals surface area contributed by atoms with Gasteiger partial charge in [-0.2, -0.15) is 0 Å². The molecule has 1 aromatic heterocycles. The van der Waals surface area contributed by atoms with Crippen molar-refractivity contribution in [3.05, 3.63) is 72.0 Å². The van der Waals surface area contributed by atoms with Gasteiger partial charge in [-0.15, -0.1) is 10.2 Å². The standard InChI is InChI=1S/C22H22FN5O/c23-19-6-2-1-5-16(19)15-22(29)25-21-12-11-20(26-27-21)24-17-7-9-18(10-8-17)28-13-3-4-14-28/h1-2,5-12H,3-4,13-15H2,(H,24,26)(H,25,27,29). The molecule has 2 aromatic carbocycles. The van der Waals surface area contributed by atoms with Gasteiger partial charge in [0.2, 0.25) is 5.91 Å². The van der Waals surface area contributed by atoms with Crippen LogP contribution in [-0.2, 0) is 11.2 Å². The van der Waals surface area contributed by atoms with Crippen LogP contribution in [0.1, 0.15) is 18.4 Å². The van der Waals surface area contributed by atoms with Crippen molar-refractivity contribution < 1.29 is 9.18 Å². The van der Waals surface area contributed by atoms with Gasteiger partial charge in [0.05, 0.1) is 6.42 Å². The molecule has 1 fully saturated rings. The van der Waals surface area contributed by atoms with E-state index in [0.29, 0.717) is 17.2 Å². The molecule has 0 saturated carbocycles. The van der Waals surface area contributed by atoms with Crippen molar-refractivity contribution >= 4 is 28.9 Å². The number of carbonyl (C=O) groups excluding carboxylic acids is 1. The van der Waals surface area contributed by atoms with Crippen molar-refractivity contribution in [1.82, 2.24) is 10.2 Å². The maximum absolute atomic E-state index is 13.6. The fraction of sp³-hybridized carbons (Fsp3) is 0.227. The number of aromatic nitrogens is 2. The number of nitrogens with one attached hydrogen (secondary N) is 2. The van der Waals surface area contributed by atoms with Crippen molar-refractivity contribution in [3.8, 4) is 0 Å². The van der Waals surface area contributed by atoms with Gasteiger partial charge in [0.15, 0.2) is 11.6 Å². The van der Waals surface area contributed by atoms with Gasteiger partial charge in [0, 0.05) is 24.5 Å². The van der Waals surface area contributed by atoms with Crippen LogP contribution < -0.4 is 15.5 Å². The Morgan fingerprint density at radius 3 is 2.31 bits per heavy atom. The molecule has 4 rings (SSSR count). The molecule has 2 heterocycles. The number of hydrogen-bond acceptors (Lipinski definition) is 5. The van der Waals surface area contributed by atoms with Gasteiger partial charge in [-0.1, -0.05) is 18.2 Å². The Labute approximate surface area is 168 Å². The minimum atomic E-state index is -0.399. The lowest BCUT2D eigenvalue weighted by atomic mass is 10.1. The molecule has 2 N–H and O–H groups in total. The number of rotatable bonds is 6. The average molecular weight is 391 g/mol. The first-order valence-corrected chi connectivity index (χ1v) is 9.66. The molecule has 1 saturated heterocycles. The minimum Gasteiger partial charge on any atom is -0.372 e. The summed E-state index contributed by atoms with van der Waals surface area (Å²) < 4.78 is 13.6. The molecule has 7 heteroatoms. The molecule has 3 aromatic rings. The highest BCUT2D eigenvalue weighted by molar-refractivity contribution is 5.91. The van der Waals surface area contributed by atoms with Gasteiger partial charge in [0.25, 0.3) is 0 Å². The number of anilines is 4. The Hall–Kier alpha value is -3.48. The smallest absolute Gasteiger partial charge is 0.230 e. The summed E-state index contributed by atoms with van der Waals surface area (Å²) in [6.45, 7) is 2.23.